The van der Waals surface area contributed by atoms with Gasteiger partial charge in [0.1, 0.15) is 6.07 Å². The predicted octanol–water partition coefficient (Wildman–Crippen LogP) is 5.97. The lowest BCUT2D eigenvalue weighted by atomic mass is 9.47. The number of aliphatic carboxylic acids is 1. The van der Waals surface area contributed by atoms with Crippen molar-refractivity contribution in [2.45, 2.75) is 56.9 Å². The molecule has 38 heavy (non-hydrogen) atoms. The molecule has 3 heterocycles. The van der Waals surface area contributed by atoms with Crippen molar-refractivity contribution in [3.05, 3.63) is 63.8 Å². The number of fused-ring (bicyclic) bond motifs is 2. The molecule has 194 valence electrons. The van der Waals surface area contributed by atoms with Crippen LogP contribution in [0.3, 0.4) is 0 Å². The molecule has 1 N–H and O–H groups in total. The standard InChI is InChI=1S/C30H27F2N3O3/c31-23-2-1-20(8-24(23)32)35-25-7-17-14-34-15-22(17)21(13-33)27(25)26(28(35)16-3-5-38-6-4-16)18-9-30(10-18)11-19(12-30)29(36)37/h1-2,7-8,14,16,18-19H,3-6,9-12,15H2,(H,36,37). The number of benzene rings is 2. The fraction of sp³-hybridized carbons (Fsp3) is 0.433. The first kappa shape index (κ1) is 23.5. The molecule has 0 unspecified atom stereocenters. The predicted molar refractivity (Wildman–Crippen MR) is 137 cm³/mol. The van der Waals surface area contributed by atoms with E-state index >= 15 is 0 Å². The van der Waals surface area contributed by atoms with Gasteiger partial charge in [-0.15, -0.1) is 0 Å². The van der Waals surface area contributed by atoms with E-state index in [2.05, 4.69) is 11.1 Å². The molecule has 0 amide bonds. The van der Waals surface area contributed by atoms with Gasteiger partial charge in [-0.3, -0.25) is 9.79 Å². The summed E-state index contributed by atoms with van der Waals surface area (Å²) in [4.78, 5) is 15.9. The largest absolute Gasteiger partial charge is 0.481 e. The van der Waals surface area contributed by atoms with E-state index in [1.165, 1.54) is 6.07 Å². The van der Waals surface area contributed by atoms with Crippen LogP contribution < -0.4 is 0 Å². The maximum absolute atomic E-state index is 14.6. The molecule has 6 nitrogen and oxygen atoms in total. The summed E-state index contributed by atoms with van der Waals surface area (Å²) in [5.41, 5.74) is 5.96. The molecule has 1 saturated heterocycles. The minimum Gasteiger partial charge on any atom is -0.481 e. The van der Waals surface area contributed by atoms with Crippen molar-refractivity contribution < 1.29 is 23.4 Å². The molecule has 1 aromatic heterocycles. The molecule has 7 rings (SSSR count). The Hall–Kier alpha value is -3.57. The highest BCUT2D eigenvalue weighted by Gasteiger charge is 2.56. The highest BCUT2D eigenvalue weighted by atomic mass is 19.2. The van der Waals surface area contributed by atoms with E-state index in [0.29, 0.717) is 43.9 Å². The quantitative estimate of drug-likeness (QED) is 0.464. The third-order valence-corrected chi connectivity index (χ3v) is 9.31. The van der Waals surface area contributed by atoms with Crippen molar-refractivity contribution in [1.29, 1.82) is 5.26 Å². The van der Waals surface area contributed by atoms with Gasteiger partial charge in [0, 0.05) is 59.3 Å². The zero-order valence-electron chi connectivity index (χ0n) is 20.8. The topological polar surface area (TPSA) is 87.6 Å². The van der Waals surface area contributed by atoms with Crippen LogP contribution in [0.1, 0.15) is 78.3 Å². The molecule has 2 aliphatic carbocycles. The van der Waals surface area contributed by atoms with Gasteiger partial charge in [0.25, 0.3) is 0 Å². The highest BCUT2D eigenvalue weighted by molar-refractivity contribution is 6.00. The number of carboxylic acid groups (broad SMARTS) is 1. The second-order valence-corrected chi connectivity index (χ2v) is 11.5. The maximum atomic E-state index is 14.6. The molecule has 0 bridgehead atoms. The molecule has 2 saturated carbocycles. The lowest BCUT2D eigenvalue weighted by Gasteiger charge is -2.57. The highest BCUT2D eigenvalue weighted by Crippen LogP contribution is 2.65. The summed E-state index contributed by atoms with van der Waals surface area (Å²) >= 11 is 0. The number of carboxylic acids is 1. The van der Waals surface area contributed by atoms with Crippen molar-refractivity contribution in [3.8, 4) is 11.8 Å². The summed E-state index contributed by atoms with van der Waals surface area (Å²) in [6.45, 7) is 1.69. The van der Waals surface area contributed by atoms with Crippen LogP contribution in [-0.2, 0) is 16.1 Å². The van der Waals surface area contributed by atoms with Crippen LogP contribution in [0.15, 0.2) is 29.3 Å². The summed E-state index contributed by atoms with van der Waals surface area (Å²) < 4.78 is 36.3. The first-order chi connectivity index (χ1) is 18.4. The van der Waals surface area contributed by atoms with Gasteiger partial charge in [-0.05, 0) is 73.6 Å². The fourth-order valence-corrected chi connectivity index (χ4v) is 7.57. The van der Waals surface area contributed by atoms with E-state index in [1.54, 1.807) is 12.3 Å². The smallest absolute Gasteiger partial charge is 0.306 e. The second kappa shape index (κ2) is 8.47. The Labute approximate surface area is 218 Å². The van der Waals surface area contributed by atoms with Crippen molar-refractivity contribution in [2.75, 3.05) is 13.2 Å². The molecule has 2 aromatic carbocycles. The molecule has 8 heteroatoms. The van der Waals surface area contributed by atoms with E-state index in [0.717, 1.165) is 65.0 Å². The Balaban J connectivity index is 1.47. The molecular formula is C30H27F2N3O3. The van der Waals surface area contributed by atoms with Gasteiger partial charge in [0.2, 0.25) is 0 Å². The number of rotatable bonds is 4. The average Bonchev–Trinajstić information content (AvgIpc) is 3.46. The third-order valence-electron chi connectivity index (χ3n) is 9.31. The van der Waals surface area contributed by atoms with Crippen LogP contribution in [0.25, 0.3) is 16.6 Å². The molecule has 4 aliphatic rings. The first-order valence-corrected chi connectivity index (χ1v) is 13.3. The lowest BCUT2D eigenvalue weighted by molar-refractivity contribution is -0.155. The summed E-state index contributed by atoms with van der Waals surface area (Å²) in [5.74, 6) is -2.50. The fourth-order valence-electron chi connectivity index (χ4n) is 7.57. The number of halogens is 2. The molecule has 0 radical (unpaired) electrons. The van der Waals surface area contributed by atoms with Crippen LogP contribution in [-0.4, -0.2) is 35.1 Å². The van der Waals surface area contributed by atoms with Gasteiger partial charge >= 0.3 is 5.97 Å². The molecular weight excluding hydrogens is 488 g/mol. The summed E-state index contributed by atoms with van der Waals surface area (Å²) in [5, 5.41) is 20.7. The summed E-state index contributed by atoms with van der Waals surface area (Å²) in [6, 6.07) is 8.50. The van der Waals surface area contributed by atoms with Gasteiger partial charge in [-0.2, -0.15) is 5.26 Å². The Morgan fingerprint density at radius 2 is 1.87 bits per heavy atom. The Bertz CT molecular complexity index is 1560. The SMILES string of the molecule is N#Cc1c2c(cc3c1c(C1CC4(CC(C(=O)O)C4)C1)c(C1CCOCC1)n3-c1ccc(F)c(F)c1)C=NC2. The van der Waals surface area contributed by atoms with Gasteiger partial charge in [-0.25, -0.2) is 8.78 Å². The number of nitriles is 1. The van der Waals surface area contributed by atoms with Crippen molar-refractivity contribution >= 4 is 23.1 Å². The number of hydrogen-bond donors (Lipinski definition) is 1. The van der Waals surface area contributed by atoms with Crippen LogP contribution in [0.5, 0.6) is 0 Å². The average molecular weight is 516 g/mol. The van der Waals surface area contributed by atoms with Crippen molar-refractivity contribution in [1.82, 2.24) is 4.57 Å². The molecule has 1 spiro atoms. The molecule has 3 aromatic rings. The maximum Gasteiger partial charge on any atom is 0.306 e. The van der Waals surface area contributed by atoms with Crippen molar-refractivity contribution in [3.63, 3.8) is 0 Å². The van der Waals surface area contributed by atoms with Crippen LogP contribution in [0.4, 0.5) is 8.78 Å². The van der Waals surface area contributed by atoms with E-state index in [4.69, 9.17) is 4.74 Å². The van der Waals surface area contributed by atoms with Gasteiger partial charge < -0.3 is 14.4 Å². The third kappa shape index (κ3) is 3.37. The molecule has 3 fully saturated rings. The first-order valence-electron chi connectivity index (χ1n) is 13.3. The van der Waals surface area contributed by atoms with Crippen molar-refractivity contribution in [2.24, 2.45) is 16.3 Å². The van der Waals surface area contributed by atoms with E-state index in [1.807, 2.05) is 10.6 Å². The minimum atomic E-state index is -0.913. The summed E-state index contributed by atoms with van der Waals surface area (Å²) in [7, 11) is 0. The molecule has 0 atom stereocenters. The Kier molecular flexibility index (Phi) is 5.25. The number of ether oxygens (including phenoxy) is 1. The Morgan fingerprint density at radius 3 is 2.55 bits per heavy atom. The van der Waals surface area contributed by atoms with Gasteiger partial charge in [0.15, 0.2) is 11.6 Å². The minimum absolute atomic E-state index is 0.0454. The van der Waals surface area contributed by atoms with Crippen LogP contribution >= 0.6 is 0 Å². The van der Waals surface area contributed by atoms with E-state index in [-0.39, 0.29) is 23.2 Å². The number of carbonyl (C=O) groups is 1. The van der Waals surface area contributed by atoms with Gasteiger partial charge in [0.05, 0.1) is 23.5 Å². The van der Waals surface area contributed by atoms with E-state index < -0.39 is 17.6 Å². The number of aliphatic imine (C=N–C) groups is 1. The van der Waals surface area contributed by atoms with Crippen LogP contribution in [0, 0.1) is 34.3 Å². The zero-order valence-corrected chi connectivity index (χ0v) is 20.8. The number of nitrogens with zero attached hydrogens (tertiary/aromatic N) is 3. The second-order valence-electron chi connectivity index (χ2n) is 11.5. The van der Waals surface area contributed by atoms with Gasteiger partial charge in [-0.1, -0.05) is 0 Å². The monoisotopic (exact) mass is 515 g/mol. The van der Waals surface area contributed by atoms with Crippen LogP contribution in [0.2, 0.25) is 0 Å². The number of hydrogen-bond acceptors (Lipinski definition) is 4. The lowest BCUT2D eigenvalue weighted by Crippen LogP contribution is -2.49. The Morgan fingerprint density at radius 1 is 1.11 bits per heavy atom. The normalized spacial score (nSPS) is 26.2. The zero-order chi connectivity index (χ0) is 26.2. The number of aromatic nitrogens is 1. The summed E-state index contributed by atoms with van der Waals surface area (Å²) in [6.07, 6.45) is 6.53. The van der Waals surface area contributed by atoms with E-state index in [9.17, 15) is 23.9 Å². The molecule has 2 aliphatic heterocycles.